The van der Waals surface area contributed by atoms with Gasteiger partial charge in [0.25, 0.3) is 0 Å². The van der Waals surface area contributed by atoms with Crippen molar-refractivity contribution in [2.24, 2.45) is 0 Å². The average Bonchev–Trinajstić information content (AvgIpc) is 2.51. The average molecular weight is 193 g/mol. The summed E-state index contributed by atoms with van der Waals surface area (Å²) in [5.74, 6) is -0.444. The lowest BCUT2D eigenvalue weighted by atomic mass is 10.1. The van der Waals surface area contributed by atoms with Crippen LogP contribution in [0.25, 0.3) is 11.3 Å². The van der Waals surface area contributed by atoms with Crippen LogP contribution in [0.3, 0.4) is 0 Å². The molecule has 0 atom stereocenters. The summed E-state index contributed by atoms with van der Waals surface area (Å²) >= 11 is 0. The summed E-state index contributed by atoms with van der Waals surface area (Å²) in [7, 11) is 0. The Hall–Kier alpha value is -1.84. The van der Waals surface area contributed by atoms with Gasteiger partial charge in [-0.15, -0.1) is 0 Å². The van der Waals surface area contributed by atoms with Crippen LogP contribution in [-0.4, -0.2) is 10.3 Å². The number of phenolic OH excluding ortho intramolecular Hbond substituents is 1. The number of aryl methyl sites for hydroxylation is 1. The lowest BCUT2D eigenvalue weighted by Gasteiger charge is -2.00. The number of aromatic nitrogens is 1. The fraction of sp³-hybridized carbons (Fsp3) is 0.100. The minimum Gasteiger partial charge on any atom is -0.507 e. The van der Waals surface area contributed by atoms with Gasteiger partial charge in [0.1, 0.15) is 11.6 Å². The number of aromatic hydroxyl groups is 1. The zero-order valence-corrected chi connectivity index (χ0v) is 7.49. The van der Waals surface area contributed by atoms with Crippen LogP contribution in [-0.2, 0) is 0 Å². The van der Waals surface area contributed by atoms with Crippen molar-refractivity contribution in [3.63, 3.8) is 0 Å². The van der Waals surface area contributed by atoms with E-state index < -0.39 is 5.82 Å². The topological polar surface area (TPSA) is 46.3 Å². The third-order valence-corrected chi connectivity index (χ3v) is 1.87. The molecule has 2 rings (SSSR count). The van der Waals surface area contributed by atoms with Gasteiger partial charge in [-0.25, -0.2) is 4.39 Å². The Kier molecular flexibility index (Phi) is 1.96. The van der Waals surface area contributed by atoms with Crippen LogP contribution in [0.1, 0.15) is 5.69 Å². The molecule has 0 bridgehead atoms. The molecule has 1 aromatic heterocycles. The first-order valence-electron chi connectivity index (χ1n) is 4.09. The van der Waals surface area contributed by atoms with Crippen molar-refractivity contribution < 1.29 is 14.0 Å². The Balaban J connectivity index is 2.61. The van der Waals surface area contributed by atoms with Crippen LogP contribution in [0, 0.1) is 12.7 Å². The maximum atomic E-state index is 13.3. The first kappa shape index (κ1) is 8.74. The Morgan fingerprint density at radius 3 is 2.79 bits per heavy atom. The van der Waals surface area contributed by atoms with E-state index in [1.165, 1.54) is 18.2 Å². The summed E-state index contributed by atoms with van der Waals surface area (Å²) in [6.07, 6.45) is 0. The van der Waals surface area contributed by atoms with Gasteiger partial charge in [-0.05, 0) is 19.1 Å². The maximum absolute atomic E-state index is 13.3. The third-order valence-electron chi connectivity index (χ3n) is 1.87. The van der Waals surface area contributed by atoms with Gasteiger partial charge in [0.2, 0.25) is 0 Å². The number of rotatable bonds is 1. The fourth-order valence-electron chi connectivity index (χ4n) is 1.24. The highest BCUT2D eigenvalue weighted by Crippen LogP contribution is 2.31. The maximum Gasteiger partial charge on any atom is 0.173 e. The van der Waals surface area contributed by atoms with Gasteiger partial charge < -0.3 is 9.63 Å². The summed E-state index contributed by atoms with van der Waals surface area (Å²) in [6, 6.07) is 5.65. The highest BCUT2D eigenvalue weighted by atomic mass is 19.1. The second kappa shape index (κ2) is 3.14. The van der Waals surface area contributed by atoms with Crippen molar-refractivity contribution in [2.45, 2.75) is 6.92 Å². The Labute approximate surface area is 79.8 Å². The summed E-state index contributed by atoms with van der Waals surface area (Å²) < 4.78 is 18.2. The number of hydrogen-bond acceptors (Lipinski definition) is 3. The van der Waals surface area contributed by atoms with Crippen molar-refractivity contribution in [1.29, 1.82) is 0 Å². The number of phenols is 1. The van der Waals surface area contributed by atoms with Gasteiger partial charge in [0.15, 0.2) is 5.76 Å². The molecular weight excluding hydrogens is 185 g/mol. The minimum atomic E-state index is -0.527. The van der Waals surface area contributed by atoms with Crippen LogP contribution < -0.4 is 0 Å². The highest BCUT2D eigenvalue weighted by Gasteiger charge is 2.14. The van der Waals surface area contributed by atoms with E-state index in [9.17, 15) is 9.50 Å². The highest BCUT2D eigenvalue weighted by molar-refractivity contribution is 5.65. The molecule has 0 aliphatic rings. The van der Waals surface area contributed by atoms with Gasteiger partial charge in [-0.3, -0.25) is 0 Å². The summed E-state index contributed by atoms with van der Waals surface area (Å²) in [4.78, 5) is 0. The van der Waals surface area contributed by atoms with Crippen molar-refractivity contribution in [3.8, 4) is 17.1 Å². The van der Waals surface area contributed by atoms with E-state index in [1.807, 2.05) is 0 Å². The monoisotopic (exact) mass is 193 g/mol. The zero-order chi connectivity index (χ0) is 10.1. The standard InChI is InChI=1S/C10H8FNO2/c1-6-5-9(14-12-6)10-7(11)3-2-4-8(10)13/h2-5,13H,1H3. The van der Waals surface area contributed by atoms with E-state index in [4.69, 9.17) is 4.52 Å². The van der Waals surface area contributed by atoms with Crippen molar-refractivity contribution >= 4 is 0 Å². The van der Waals surface area contributed by atoms with Crippen molar-refractivity contribution in [2.75, 3.05) is 0 Å². The molecule has 0 spiro atoms. The SMILES string of the molecule is Cc1cc(-c2c(O)cccc2F)on1. The first-order chi connectivity index (χ1) is 6.68. The van der Waals surface area contributed by atoms with Gasteiger partial charge in [-0.1, -0.05) is 11.2 Å². The number of hydrogen-bond donors (Lipinski definition) is 1. The van der Waals surface area contributed by atoms with Crippen LogP contribution in [0.2, 0.25) is 0 Å². The second-order valence-electron chi connectivity index (χ2n) is 2.97. The fourth-order valence-corrected chi connectivity index (χ4v) is 1.24. The Bertz CT molecular complexity index is 445. The molecule has 1 heterocycles. The summed E-state index contributed by atoms with van der Waals surface area (Å²) in [6.45, 7) is 1.73. The Morgan fingerprint density at radius 2 is 2.21 bits per heavy atom. The normalized spacial score (nSPS) is 10.4. The van der Waals surface area contributed by atoms with E-state index in [0.717, 1.165) is 0 Å². The Morgan fingerprint density at radius 1 is 1.43 bits per heavy atom. The largest absolute Gasteiger partial charge is 0.507 e. The predicted octanol–water partition coefficient (Wildman–Crippen LogP) is 2.49. The summed E-state index contributed by atoms with van der Waals surface area (Å²) in [5.41, 5.74) is 0.691. The van der Waals surface area contributed by atoms with E-state index in [-0.39, 0.29) is 17.1 Å². The number of nitrogens with zero attached hydrogens (tertiary/aromatic N) is 1. The molecule has 0 amide bonds. The number of halogens is 1. The molecule has 0 aliphatic carbocycles. The van der Waals surface area contributed by atoms with Crippen LogP contribution in [0.15, 0.2) is 28.8 Å². The molecule has 0 unspecified atom stereocenters. The molecule has 0 saturated heterocycles. The van der Waals surface area contributed by atoms with Crippen molar-refractivity contribution in [3.05, 3.63) is 35.8 Å². The van der Waals surface area contributed by atoms with Gasteiger partial charge in [0.05, 0.1) is 11.3 Å². The molecule has 0 aliphatic heterocycles. The molecule has 14 heavy (non-hydrogen) atoms. The molecule has 2 aromatic rings. The predicted molar refractivity (Wildman–Crippen MR) is 48.3 cm³/mol. The van der Waals surface area contributed by atoms with Crippen molar-refractivity contribution in [1.82, 2.24) is 5.16 Å². The van der Waals surface area contributed by atoms with Gasteiger partial charge >= 0.3 is 0 Å². The lowest BCUT2D eigenvalue weighted by Crippen LogP contribution is -1.82. The van der Waals surface area contributed by atoms with Gasteiger partial charge in [0, 0.05) is 6.07 Å². The molecular formula is C10H8FNO2. The molecule has 0 saturated carbocycles. The molecule has 72 valence electrons. The first-order valence-corrected chi connectivity index (χ1v) is 4.09. The van der Waals surface area contributed by atoms with E-state index in [1.54, 1.807) is 13.0 Å². The zero-order valence-electron chi connectivity index (χ0n) is 7.49. The second-order valence-corrected chi connectivity index (χ2v) is 2.97. The molecule has 0 radical (unpaired) electrons. The minimum absolute atomic E-state index is 0.0492. The quantitative estimate of drug-likeness (QED) is 0.756. The van der Waals surface area contributed by atoms with Gasteiger partial charge in [-0.2, -0.15) is 0 Å². The van der Waals surface area contributed by atoms with E-state index in [0.29, 0.717) is 5.69 Å². The summed E-state index contributed by atoms with van der Waals surface area (Å²) in [5, 5.41) is 13.0. The third kappa shape index (κ3) is 1.35. The van der Waals surface area contributed by atoms with E-state index >= 15 is 0 Å². The molecule has 1 aromatic carbocycles. The lowest BCUT2D eigenvalue weighted by molar-refractivity contribution is 0.418. The van der Waals surface area contributed by atoms with Crippen LogP contribution in [0.4, 0.5) is 4.39 Å². The molecule has 1 N–H and O–H groups in total. The molecule has 0 fully saturated rings. The molecule has 3 nitrogen and oxygen atoms in total. The van der Waals surface area contributed by atoms with Crippen LogP contribution >= 0.6 is 0 Å². The smallest absolute Gasteiger partial charge is 0.173 e. The van der Waals surface area contributed by atoms with E-state index in [2.05, 4.69) is 5.16 Å². The number of benzene rings is 1. The van der Waals surface area contributed by atoms with Crippen LogP contribution in [0.5, 0.6) is 5.75 Å². The molecule has 4 heteroatoms.